The summed E-state index contributed by atoms with van der Waals surface area (Å²) < 4.78 is 0. The molecule has 1 aromatic rings. The van der Waals surface area contributed by atoms with Gasteiger partial charge in [-0.1, -0.05) is 0 Å². The number of hydrogen-bond donors (Lipinski definition) is 2. The molecule has 1 fully saturated rings. The molecule has 1 aliphatic heterocycles. The summed E-state index contributed by atoms with van der Waals surface area (Å²) in [6.45, 7) is 3.18. The average Bonchev–Trinajstić information content (AvgIpc) is 2.65. The predicted molar refractivity (Wildman–Crippen MR) is 60.9 cm³/mol. The van der Waals surface area contributed by atoms with E-state index >= 15 is 0 Å². The Kier molecular flexibility index (Phi) is 2.89. The van der Waals surface area contributed by atoms with Crippen LogP contribution in [0.4, 0.5) is 11.8 Å². The van der Waals surface area contributed by atoms with Crippen LogP contribution in [0, 0.1) is 0 Å². The fraction of sp³-hybridized carbons (Fsp3) is 0.500. The summed E-state index contributed by atoms with van der Waals surface area (Å²) >= 11 is 0. The summed E-state index contributed by atoms with van der Waals surface area (Å²) in [5.41, 5.74) is 5.52. The van der Waals surface area contributed by atoms with Crippen molar-refractivity contribution in [1.29, 1.82) is 0 Å². The number of nitrogens with zero attached hydrogens (tertiary/aromatic N) is 3. The minimum absolute atomic E-state index is 0.00838. The van der Waals surface area contributed by atoms with E-state index in [1.54, 1.807) is 6.20 Å². The van der Waals surface area contributed by atoms with E-state index in [4.69, 9.17) is 5.73 Å². The van der Waals surface area contributed by atoms with E-state index in [1.165, 1.54) is 6.92 Å². The van der Waals surface area contributed by atoms with E-state index in [9.17, 15) is 4.79 Å². The molecule has 1 aliphatic rings. The summed E-state index contributed by atoms with van der Waals surface area (Å²) in [5, 5.41) is 2.90. The molecule has 0 bridgehead atoms. The molecule has 1 saturated heterocycles. The summed E-state index contributed by atoms with van der Waals surface area (Å²) in [6, 6.07) is 2.03. The molecule has 1 atom stereocenters. The van der Waals surface area contributed by atoms with E-state index in [0.29, 0.717) is 0 Å². The Morgan fingerprint density at radius 1 is 1.69 bits per heavy atom. The molecule has 0 aliphatic carbocycles. The second-order valence-electron chi connectivity index (χ2n) is 3.91. The highest BCUT2D eigenvalue weighted by atomic mass is 16.1. The molecule has 0 saturated carbocycles. The number of nitrogen functional groups attached to an aromatic ring is 1. The third kappa shape index (κ3) is 2.39. The molecule has 0 radical (unpaired) electrons. The van der Waals surface area contributed by atoms with Crippen molar-refractivity contribution in [3.8, 4) is 0 Å². The Hall–Kier alpha value is -1.85. The van der Waals surface area contributed by atoms with Gasteiger partial charge in [-0.2, -0.15) is 4.98 Å². The highest BCUT2D eigenvalue weighted by molar-refractivity contribution is 5.73. The van der Waals surface area contributed by atoms with Gasteiger partial charge in [0.25, 0.3) is 0 Å². The molecule has 6 nitrogen and oxygen atoms in total. The fourth-order valence-corrected chi connectivity index (χ4v) is 1.91. The van der Waals surface area contributed by atoms with Crippen molar-refractivity contribution in [3.63, 3.8) is 0 Å². The molecule has 1 amide bonds. The lowest BCUT2D eigenvalue weighted by Gasteiger charge is -2.17. The van der Waals surface area contributed by atoms with Crippen molar-refractivity contribution in [1.82, 2.24) is 15.3 Å². The molecule has 0 spiro atoms. The Bertz CT molecular complexity index is 395. The standard InChI is InChI=1S/C10H15N5O/c1-7(16)13-8-3-5-15(6-8)9-2-4-12-10(11)14-9/h2,4,8H,3,5-6H2,1H3,(H,13,16)(H2,11,12,14). The van der Waals surface area contributed by atoms with Gasteiger partial charge in [-0.05, 0) is 12.5 Å². The monoisotopic (exact) mass is 221 g/mol. The van der Waals surface area contributed by atoms with Gasteiger partial charge < -0.3 is 16.0 Å². The predicted octanol–water partition coefficient (Wildman–Crippen LogP) is -0.226. The molecule has 6 heteroatoms. The van der Waals surface area contributed by atoms with Crippen LogP contribution < -0.4 is 16.0 Å². The summed E-state index contributed by atoms with van der Waals surface area (Å²) in [7, 11) is 0. The van der Waals surface area contributed by atoms with Crippen LogP contribution in [0.25, 0.3) is 0 Å². The zero-order valence-corrected chi connectivity index (χ0v) is 9.18. The van der Waals surface area contributed by atoms with Crippen molar-refractivity contribution < 1.29 is 4.79 Å². The molecule has 2 heterocycles. The largest absolute Gasteiger partial charge is 0.368 e. The maximum absolute atomic E-state index is 10.9. The second kappa shape index (κ2) is 4.34. The number of carbonyl (C=O) groups is 1. The Morgan fingerprint density at radius 3 is 3.19 bits per heavy atom. The highest BCUT2D eigenvalue weighted by Crippen LogP contribution is 2.17. The minimum atomic E-state index is 0.00838. The smallest absolute Gasteiger partial charge is 0.221 e. The van der Waals surface area contributed by atoms with Gasteiger partial charge in [0.2, 0.25) is 11.9 Å². The van der Waals surface area contributed by atoms with Crippen LogP contribution in [0.2, 0.25) is 0 Å². The van der Waals surface area contributed by atoms with E-state index < -0.39 is 0 Å². The number of carbonyl (C=O) groups excluding carboxylic acids is 1. The first-order chi connectivity index (χ1) is 7.65. The first kappa shape index (κ1) is 10.7. The van der Waals surface area contributed by atoms with Gasteiger partial charge in [0.1, 0.15) is 5.82 Å². The van der Waals surface area contributed by atoms with Crippen LogP contribution in [-0.4, -0.2) is 35.0 Å². The van der Waals surface area contributed by atoms with Crippen molar-refractivity contribution in [2.45, 2.75) is 19.4 Å². The SMILES string of the molecule is CC(=O)NC1CCN(c2ccnc(N)n2)C1. The van der Waals surface area contributed by atoms with Gasteiger partial charge in [0.15, 0.2) is 0 Å². The molecule has 86 valence electrons. The van der Waals surface area contributed by atoms with Crippen molar-refractivity contribution >= 4 is 17.7 Å². The maximum atomic E-state index is 10.9. The zero-order chi connectivity index (χ0) is 11.5. The van der Waals surface area contributed by atoms with Crippen molar-refractivity contribution in [2.24, 2.45) is 0 Å². The van der Waals surface area contributed by atoms with Crippen LogP contribution >= 0.6 is 0 Å². The first-order valence-electron chi connectivity index (χ1n) is 5.26. The molecule has 2 rings (SSSR count). The van der Waals surface area contributed by atoms with Crippen LogP contribution in [0.5, 0.6) is 0 Å². The minimum Gasteiger partial charge on any atom is -0.368 e. The van der Waals surface area contributed by atoms with Gasteiger partial charge in [-0.15, -0.1) is 0 Å². The quantitative estimate of drug-likeness (QED) is 0.721. The van der Waals surface area contributed by atoms with Crippen LogP contribution in [0.15, 0.2) is 12.3 Å². The summed E-state index contributed by atoms with van der Waals surface area (Å²) in [4.78, 5) is 21.0. The lowest BCUT2D eigenvalue weighted by atomic mass is 10.3. The van der Waals surface area contributed by atoms with Crippen LogP contribution in [0.3, 0.4) is 0 Å². The van der Waals surface area contributed by atoms with Gasteiger partial charge in [-0.25, -0.2) is 4.98 Å². The van der Waals surface area contributed by atoms with Gasteiger partial charge in [-0.3, -0.25) is 4.79 Å². The van der Waals surface area contributed by atoms with Crippen molar-refractivity contribution in [2.75, 3.05) is 23.7 Å². The van der Waals surface area contributed by atoms with Crippen molar-refractivity contribution in [3.05, 3.63) is 12.3 Å². The Labute approximate surface area is 93.9 Å². The number of anilines is 2. The molecular weight excluding hydrogens is 206 g/mol. The normalized spacial score (nSPS) is 19.8. The van der Waals surface area contributed by atoms with E-state index in [0.717, 1.165) is 25.3 Å². The maximum Gasteiger partial charge on any atom is 0.221 e. The highest BCUT2D eigenvalue weighted by Gasteiger charge is 2.23. The number of hydrogen-bond acceptors (Lipinski definition) is 5. The van der Waals surface area contributed by atoms with E-state index in [-0.39, 0.29) is 17.9 Å². The third-order valence-corrected chi connectivity index (χ3v) is 2.58. The Morgan fingerprint density at radius 2 is 2.50 bits per heavy atom. The Balaban J connectivity index is 2.00. The van der Waals surface area contributed by atoms with Gasteiger partial charge >= 0.3 is 0 Å². The molecule has 1 aromatic heterocycles. The van der Waals surface area contributed by atoms with Crippen LogP contribution in [0.1, 0.15) is 13.3 Å². The zero-order valence-electron chi connectivity index (χ0n) is 9.18. The van der Waals surface area contributed by atoms with Crippen LogP contribution in [-0.2, 0) is 4.79 Å². The second-order valence-corrected chi connectivity index (χ2v) is 3.91. The topological polar surface area (TPSA) is 84.1 Å². The number of aromatic nitrogens is 2. The molecule has 1 unspecified atom stereocenters. The number of rotatable bonds is 2. The number of nitrogens with one attached hydrogen (secondary N) is 1. The van der Waals surface area contributed by atoms with Gasteiger partial charge in [0, 0.05) is 32.3 Å². The molecular formula is C10H15N5O. The van der Waals surface area contributed by atoms with E-state index in [2.05, 4.69) is 20.2 Å². The van der Waals surface area contributed by atoms with Gasteiger partial charge in [0.05, 0.1) is 0 Å². The lowest BCUT2D eigenvalue weighted by Crippen LogP contribution is -2.35. The molecule has 3 N–H and O–H groups in total. The van der Waals surface area contributed by atoms with E-state index in [1.807, 2.05) is 6.07 Å². The number of nitrogens with two attached hydrogens (primary N) is 1. The lowest BCUT2D eigenvalue weighted by molar-refractivity contribution is -0.119. The average molecular weight is 221 g/mol. The molecule has 0 aromatic carbocycles. The fourth-order valence-electron chi connectivity index (χ4n) is 1.91. The first-order valence-corrected chi connectivity index (χ1v) is 5.26. The summed E-state index contributed by atoms with van der Waals surface area (Å²) in [5.74, 6) is 1.11. The summed E-state index contributed by atoms with van der Waals surface area (Å²) in [6.07, 6.45) is 2.58. The number of amides is 1. The third-order valence-electron chi connectivity index (χ3n) is 2.58. The molecule has 16 heavy (non-hydrogen) atoms.